The van der Waals surface area contributed by atoms with Crippen molar-refractivity contribution in [1.29, 1.82) is 0 Å². The summed E-state index contributed by atoms with van der Waals surface area (Å²) in [7, 11) is 5.94. The number of rotatable bonds is 31. The van der Waals surface area contributed by atoms with Crippen LogP contribution in [-0.2, 0) is 28.4 Å². The molecule has 0 saturated heterocycles. The molecular formula is C42H89N3O6. The van der Waals surface area contributed by atoms with Crippen molar-refractivity contribution in [3.8, 4) is 0 Å². The number of hydrogen-bond donors (Lipinski definition) is 3. The molecule has 0 aliphatic heterocycles. The van der Waals surface area contributed by atoms with Crippen LogP contribution in [0.4, 0.5) is 0 Å². The lowest BCUT2D eigenvalue weighted by Crippen LogP contribution is -2.47. The fourth-order valence-corrected chi connectivity index (χ4v) is 6.05. The predicted molar refractivity (Wildman–Crippen MR) is 216 cm³/mol. The van der Waals surface area contributed by atoms with E-state index in [4.69, 9.17) is 28.4 Å². The van der Waals surface area contributed by atoms with Crippen molar-refractivity contribution in [3.63, 3.8) is 0 Å². The zero-order valence-electron chi connectivity index (χ0n) is 37.4. The van der Waals surface area contributed by atoms with Crippen LogP contribution in [-0.4, -0.2) is 113 Å². The standard InChI is InChI=1S/C42H89N3O6/c1-35(2,23-29-46-36(3,4)20-26-43-17)42(15,16)49-33-34(50-39(9,10)24-30-47-37(5,6)21-27-44-18)32-41(13,14)51-40(11,12)25-31-48-38(7,8)22-28-45-19/h34,43-45H,20-33H2,1-19H3. The quantitative estimate of drug-likeness (QED) is 0.0651. The number of ether oxygens (including phenoxy) is 6. The molecule has 1 atom stereocenters. The number of nitrogens with one attached hydrogen (secondary N) is 3. The van der Waals surface area contributed by atoms with Gasteiger partial charge in [-0.3, -0.25) is 0 Å². The molecule has 0 heterocycles. The lowest BCUT2D eigenvalue weighted by Gasteiger charge is -2.44. The zero-order chi connectivity index (χ0) is 39.8. The molecule has 9 heteroatoms. The molecule has 308 valence electrons. The summed E-state index contributed by atoms with van der Waals surface area (Å²) in [5.74, 6) is 0. The van der Waals surface area contributed by atoms with Gasteiger partial charge in [0, 0.05) is 13.0 Å². The smallest absolute Gasteiger partial charge is 0.0843 e. The van der Waals surface area contributed by atoms with Gasteiger partial charge in [0.2, 0.25) is 0 Å². The van der Waals surface area contributed by atoms with Gasteiger partial charge in [0.1, 0.15) is 0 Å². The van der Waals surface area contributed by atoms with Crippen molar-refractivity contribution in [3.05, 3.63) is 0 Å². The van der Waals surface area contributed by atoms with Gasteiger partial charge in [-0.1, -0.05) is 13.8 Å². The van der Waals surface area contributed by atoms with Gasteiger partial charge in [-0.25, -0.2) is 0 Å². The average Bonchev–Trinajstić information content (AvgIpc) is 2.95. The topological polar surface area (TPSA) is 91.5 Å². The summed E-state index contributed by atoms with van der Waals surface area (Å²) in [5.41, 5.74) is -2.36. The average molecular weight is 732 g/mol. The highest BCUT2D eigenvalue weighted by atomic mass is 16.6. The highest BCUT2D eigenvalue weighted by molar-refractivity contribution is 4.90. The SMILES string of the molecule is CNCCC(C)(C)OCCC(C)(C)OC(COC(C)(C)C(C)(C)CCOC(C)(C)CCNC)CC(C)(C)OC(C)(C)CCOC(C)(C)CCNC. The third-order valence-electron chi connectivity index (χ3n) is 10.6. The molecule has 0 saturated carbocycles. The molecule has 0 bridgehead atoms. The van der Waals surface area contributed by atoms with E-state index >= 15 is 0 Å². The van der Waals surface area contributed by atoms with E-state index in [1.807, 2.05) is 21.1 Å². The van der Waals surface area contributed by atoms with Gasteiger partial charge in [0.15, 0.2) is 0 Å². The molecule has 9 nitrogen and oxygen atoms in total. The second kappa shape index (κ2) is 21.7. The molecule has 0 aromatic rings. The Morgan fingerprint density at radius 2 is 0.784 bits per heavy atom. The summed E-state index contributed by atoms with van der Waals surface area (Å²) in [5, 5.41) is 9.69. The van der Waals surface area contributed by atoms with Gasteiger partial charge in [-0.2, -0.15) is 0 Å². The predicted octanol–water partition coefficient (Wildman–Crippen LogP) is 8.32. The van der Waals surface area contributed by atoms with Crippen molar-refractivity contribution >= 4 is 0 Å². The maximum absolute atomic E-state index is 6.96. The Bertz CT molecular complexity index is 930. The van der Waals surface area contributed by atoms with Crippen LogP contribution in [0, 0.1) is 5.41 Å². The van der Waals surface area contributed by atoms with Gasteiger partial charge < -0.3 is 44.4 Å². The van der Waals surface area contributed by atoms with Crippen LogP contribution in [0.15, 0.2) is 0 Å². The fourth-order valence-electron chi connectivity index (χ4n) is 6.05. The van der Waals surface area contributed by atoms with Gasteiger partial charge >= 0.3 is 0 Å². The first kappa shape index (κ1) is 50.6. The summed E-state index contributed by atoms with van der Waals surface area (Å²) < 4.78 is 39.7. The zero-order valence-corrected chi connectivity index (χ0v) is 37.4. The summed E-state index contributed by atoms with van der Waals surface area (Å²) >= 11 is 0. The Morgan fingerprint density at radius 1 is 0.412 bits per heavy atom. The Hall–Kier alpha value is -0.360. The van der Waals surface area contributed by atoms with Crippen molar-refractivity contribution in [2.75, 3.05) is 67.2 Å². The first-order valence-electron chi connectivity index (χ1n) is 19.9. The lowest BCUT2D eigenvalue weighted by molar-refractivity contribution is -0.197. The minimum absolute atomic E-state index is 0.131. The van der Waals surface area contributed by atoms with Crippen LogP contribution in [0.5, 0.6) is 0 Å². The summed E-state index contributed by atoms with van der Waals surface area (Å²) in [4.78, 5) is 0. The van der Waals surface area contributed by atoms with Crippen LogP contribution < -0.4 is 16.0 Å². The molecule has 0 aromatic heterocycles. The van der Waals surface area contributed by atoms with Crippen LogP contribution in [0.2, 0.25) is 0 Å². The molecule has 0 aromatic carbocycles. The van der Waals surface area contributed by atoms with Crippen molar-refractivity contribution in [2.45, 2.75) is 201 Å². The molecular weight excluding hydrogens is 642 g/mol. The minimum atomic E-state index is -0.465. The fraction of sp³-hybridized carbons (Fsp3) is 1.00. The van der Waals surface area contributed by atoms with Crippen molar-refractivity contribution < 1.29 is 28.4 Å². The molecule has 0 aliphatic rings. The molecule has 3 N–H and O–H groups in total. The van der Waals surface area contributed by atoms with Crippen LogP contribution in [0.1, 0.15) is 156 Å². The minimum Gasteiger partial charge on any atom is -0.376 e. The highest BCUT2D eigenvalue weighted by Gasteiger charge is 2.41. The van der Waals surface area contributed by atoms with E-state index in [0.29, 0.717) is 32.8 Å². The van der Waals surface area contributed by atoms with E-state index in [2.05, 4.69) is 127 Å². The third-order valence-corrected chi connectivity index (χ3v) is 10.6. The maximum Gasteiger partial charge on any atom is 0.0843 e. The van der Waals surface area contributed by atoms with Gasteiger partial charge in [0.05, 0.1) is 65.1 Å². The lowest BCUT2D eigenvalue weighted by atomic mass is 9.74. The normalized spacial score (nSPS) is 15.1. The Kier molecular flexibility index (Phi) is 21.5. The van der Waals surface area contributed by atoms with E-state index in [0.717, 1.165) is 58.2 Å². The first-order chi connectivity index (χ1) is 23.0. The van der Waals surface area contributed by atoms with Crippen LogP contribution >= 0.6 is 0 Å². The second-order valence-electron chi connectivity index (χ2n) is 19.7. The Morgan fingerprint density at radius 3 is 1.18 bits per heavy atom. The molecule has 0 spiro atoms. The van der Waals surface area contributed by atoms with Crippen molar-refractivity contribution in [2.24, 2.45) is 5.41 Å². The second-order valence-corrected chi connectivity index (χ2v) is 19.7. The van der Waals surface area contributed by atoms with E-state index in [9.17, 15) is 0 Å². The van der Waals surface area contributed by atoms with E-state index in [1.165, 1.54) is 0 Å². The number of hydrogen-bond acceptors (Lipinski definition) is 9. The van der Waals surface area contributed by atoms with Gasteiger partial charge in [-0.15, -0.1) is 0 Å². The van der Waals surface area contributed by atoms with Gasteiger partial charge in [0.25, 0.3) is 0 Å². The first-order valence-corrected chi connectivity index (χ1v) is 19.9. The van der Waals surface area contributed by atoms with E-state index in [-0.39, 0.29) is 33.9 Å². The molecule has 0 amide bonds. The Labute approximate surface area is 317 Å². The summed E-state index contributed by atoms with van der Waals surface area (Å²) in [6.07, 6.45) is 5.82. The molecule has 51 heavy (non-hydrogen) atoms. The van der Waals surface area contributed by atoms with Crippen LogP contribution in [0.3, 0.4) is 0 Å². The van der Waals surface area contributed by atoms with E-state index in [1.54, 1.807) is 0 Å². The maximum atomic E-state index is 6.96. The Balaban J connectivity index is 5.80. The molecule has 0 rings (SSSR count). The summed E-state index contributed by atoms with van der Waals surface area (Å²) in [6.45, 7) is 40.1. The molecule has 0 radical (unpaired) electrons. The largest absolute Gasteiger partial charge is 0.376 e. The van der Waals surface area contributed by atoms with Crippen LogP contribution in [0.25, 0.3) is 0 Å². The highest BCUT2D eigenvalue weighted by Crippen LogP contribution is 2.39. The van der Waals surface area contributed by atoms with Gasteiger partial charge in [-0.05, 0) is 182 Å². The third kappa shape index (κ3) is 23.2. The monoisotopic (exact) mass is 732 g/mol. The molecule has 1 unspecified atom stereocenters. The molecule has 0 fully saturated rings. The van der Waals surface area contributed by atoms with E-state index < -0.39 is 16.8 Å². The molecule has 0 aliphatic carbocycles. The summed E-state index contributed by atoms with van der Waals surface area (Å²) in [6, 6.07) is 0. The van der Waals surface area contributed by atoms with Crippen molar-refractivity contribution in [1.82, 2.24) is 16.0 Å².